The molecule has 0 spiro atoms. The number of hydrogen-bond donors (Lipinski definition) is 3. The van der Waals surface area contributed by atoms with E-state index < -0.39 is 47.9 Å². The van der Waals surface area contributed by atoms with Gasteiger partial charge in [0.25, 0.3) is 5.91 Å². The van der Waals surface area contributed by atoms with Crippen LogP contribution in [-0.4, -0.2) is 72.6 Å². The molecule has 0 radical (unpaired) electrons. The highest BCUT2D eigenvalue weighted by Gasteiger charge is 2.30. The molecule has 1 aromatic carbocycles. The summed E-state index contributed by atoms with van der Waals surface area (Å²) >= 11 is 0. The number of esters is 2. The van der Waals surface area contributed by atoms with Crippen molar-refractivity contribution in [1.29, 1.82) is 0 Å². The summed E-state index contributed by atoms with van der Waals surface area (Å²) in [6.07, 6.45) is 1.49. The van der Waals surface area contributed by atoms with Crippen LogP contribution in [0.1, 0.15) is 83.9 Å². The summed E-state index contributed by atoms with van der Waals surface area (Å²) < 4.78 is 21.0. The van der Waals surface area contributed by atoms with Crippen molar-refractivity contribution in [2.45, 2.75) is 59.3 Å². The van der Waals surface area contributed by atoms with Crippen LogP contribution in [0.25, 0.3) is 17.2 Å². The lowest BCUT2D eigenvalue weighted by atomic mass is 9.95. The Morgan fingerprint density at radius 3 is 2.38 bits per heavy atom. The van der Waals surface area contributed by atoms with Crippen LogP contribution in [0.15, 0.2) is 30.8 Å². The Morgan fingerprint density at radius 2 is 1.80 bits per heavy atom. The fourth-order valence-corrected chi connectivity index (χ4v) is 4.38. The van der Waals surface area contributed by atoms with Crippen molar-refractivity contribution in [2.24, 2.45) is 11.8 Å². The minimum atomic E-state index is -1.48. The number of aromatic nitrogens is 1. The highest BCUT2D eigenvalue weighted by molar-refractivity contribution is 6.04. The average molecular weight is 626 g/mol. The Kier molecular flexibility index (Phi) is 12.0. The van der Waals surface area contributed by atoms with Gasteiger partial charge in [0.1, 0.15) is 17.5 Å². The molecule has 1 aromatic heterocycles. The molecule has 1 aliphatic carbocycles. The van der Waals surface area contributed by atoms with E-state index in [0.29, 0.717) is 24.4 Å². The third-order valence-corrected chi connectivity index (χ3v) is 7.25. The van der Waals surface area contributed by atoms with E-state index in [-0.39, 0.29) is 40.7 Å². The van der Waals surface area contributed by atoms with Crippen LogP contribution in [0, 0.1) is 11.8 Å². The van der Waals surface area contributed by atoms with E-state index in [1.165, 1.54) is 44.4 Å². The summed E-state index contributed by atoms with van der Waals surface area (Å²) in [5, 5.41) is 15.2. The smallest absolute Gasteiger partial charge is 0.410 e. The van der Waals surface area contributed by atoms with Gasteiger partial charge in [-0.15, -0.1) is 0 Å². The Balaban J connectivity index is 1.94. The molecule has 3 atom stereocenters. The summed E-state index contributed by atoms with van der Waals surface area (Å²) in [6.45, 7) is 10.8. The number of carboxylic acid groups (broad SMARTS) is 1. The van der Waals surface area contributed by atoms with Crippen LogP contribution in [-0.2, 0) is 19.0 Å². The quantitative estimate of drug-likeness (QED) is 0.188. The Labute approximate surface area is 261 Å². The molecule has 3 rings (SSSR count). The fourth-order valence-electron chi connectivity index (χ4n) is 4.38. The number of carboxylic acids is 1. The largest absolute Gasteiger partial charge is 0.496 e. The average Bonchev–Trinajstić information content (AvgIpc) is 3.85. The lowest BCUT2D eigenvalue weighted by Gasteiger charge is -2.23. The Hall–Kier alpha value is -4.94. The molecule has 1 heterocycles. The van der Waals surface area contributed by atoms with E-state index in [9.17, 15) is 29.1 Å². The standard InChI is InChI=1S/C32H39N3O10/c1-7-17(4)26(30(39)43-9-3)35-32(41)45-18(5)44-31(40)27-21(12-13-24(34-27)28(36)33-16-19-10-11-19)22-15-25(42-6)20(8-2)14-23(22)29(37)38/h8,12-15,17-19,26H,2,7,9-11,16H2,1,3-6H3,(H,33,36)(H,35,41)(H,37,38). The number of amides is 2. The number of carbonyl (C=O) groups excluding carboxylic acids is 4. The molecular weight excluding hydrogens is 586 g/mol. The van der Waals surface area contributed by atoms with Crippen LogP contribution in [0.5, 0.6) is 5.75 Å². The molecule has 1 saturated carbocycles. The van der Waals surface area contributed by atoms with Gasteiger partial charge in [0.2, 0.25) is 6.29 Å². The van der Waals surface area contributed by atoms with E-state index in [1.807, 2.05) is 6.92 Å². The zero-order valence-corrected chi connectivity index (χ0v) is 26.0. The maximum atomic E-state index is 13.5. The summed E-state index contributed by atoms with van der Waals surface area (Å²) in [4.78, 5) is 67.8. The Morgan fingerprint density at radius 1 is 1.09 bits per heavy atom. The van der Waals surface area contributed by atoms with Crippen LogP contribution in [0.4, 0.5) is 4.79 Å². The molecular formula is C32H39N3O10. The third-order valence-electron chi connectivity index (χ3n) is 7.25. The van der Waals surface area contributed by atoms with E-state index in [1.54, 1.807) is 13.8 Å². The summed E-state index contributed by atoms with van der Waals surface area (Å²) in [6, 6.07) is 4.51. The lowest BCUT2D eigenvalue weighted by molar-refractivity contribution is -0.147. The van der Waals surface area contributed by atoms with Crippen molar-refractivity contribution in [3.05, 3.63) is 53.4 Å². The predicted octanol–water partition coefficient (Wildman–Crippen LogP) is 4.45. The first-order chi connectivity index (χ1) is 21.4. The number of benzene rings is 1. The van der Waals surface area contributed by atoms with E-state index in [4.69, 9.17) is 18.9 Å². The molecule has 1 fully saturated rings. The van der Waals surface area contributed by atoms with E-state index >= 15 is 0 Å². The predicted molar refractivity (Wildman–Crippen MR) is 163 cm³/mol. The Bertz CT molecular complexity index is 1450. The molecule has 0 aliphatic heterocycles. The number of carbonyl (C=O) groups is 5. The van der Waals surface area contributed by atoms with Gasteiger partial charge in [-0.3, -0.25) is 4.79 Å². The molecule has 13 heteroatoms. The number of pyridine rings is 1. The molecule has 45 heavy (non-hydrogen) atoms. The van der Waals surface area contributed by atoms with Crippen LogP contribution in [0.3, 0.4) is 0 Å². The maximum absolute atomic E-state index is 13.5. The van der Waals surface area contributed by atoms with Crippen LogP contribution < -0.4 is 15.4 Å². The van der Waals surface area contributed by atoms with Crippen molar-refractivity contribution >= 4 is 36.0 Å². The van der Waals surface area contributed by atoms with Gasteiger partial charge < -0.3 is 34.7 Å². The number of hydrogen-bond acceptors (Lipinski definition) is 10. The van der Waals surface area contributed by atoms with Gasteiger partial charge in [-0.25, -0.2) is 24.2 Å². The normalized spacial score (nSPS) is 14.2. The number of alkyl carbamates (subject to hydrolysis) is 1. The topological polar surface area (TPSA) is 179 Å². The van der Waals surface area contributed by atoms with Gasteiger partial charge in [0, 0.05) is 30.2 Å². The molecule has 242 valence electrons. The molecule has 3 unspecified atom stereocenters. The van der Waals surface area contributed by atoms with Crippen LogP contribution >= 0.6 is 0 Å². The first-order valence-corrected chi connectivity index (χ1v) is 14.7. The minimum Gasteiger partial charge on any atom is -0.496 e. The SMILES string of the molecule is C=Cc1cc(C(=O)O)c(-c2ccc(C(=O)NCC3CC3)nc2C(=O)OC(C)OC(=O)NC(C(=O)OCC)C(C)CC)cc1OC. The molecule has 0 bridgehead atoms. The molecule has 0 saturated heterocycles. The second kappa shape index (κ2) is 15.7. The summed E-state index contributed by atoms with van der Waals surface area (Å²) in [5.41, 5.74) is -0.197. The number of methoxy groups -OCH3 is 1. The van der Waals surface area contributed by atoms with Gasteiger partial charge in [-0.05, 0) is 55.9 Å². The number of ether oxygens (including phenoxy) is 4. The highest BCUT2D eigenvalue weighted by Crippen LogP contribution is 2.34. The minimum absolute atomic E-state index is 0.0286. The first-order valence-electron chi connectivity index (χ1n) is 14.7. The second-order valence-electron chi connectivity index (χ2n) is 10.5. The monoisotopic (exact) mass is 625 g/mol. The van der Waals surface area contributed by atoms with Crippen LogP contribution in [0.2, 0.25) is 0 Å². The van der Waals surface area contributed by atoms with Crippen molar-refractivity contribution in [2.75, 3.05) is 20.3 Å². The van der Waals surface area contributed by atoms with Gasteiger partial charge in [0.05, 0.1) is 19.3 Å². The molecule has 2 aromatic rings. The highest BCUT2D eigenvalue weighted by atomic mass is 16.7. The number of rotatable bonds is 15. The van der Waals surface area contributed by atoms with E-state index in [0.717, 1.165) is 12.8 Å². The number of aromatic carboxylic acids is 1. The number of nitrogens with one attached hydrogen (secondary N) is 2. The van der Waals surface area contributed by atoms with E-state index in [2.05, 4.69) is 22.2 Å². The molecule has 3 N–H and O–H groups in total. The fraction of sp³-hybridized carbons (Fsp3) is 0.438. The third kappa shape index (κ3) is 9.03. The summed E-state index contributed by atoms with van der Waals surface area (Å²) in [5.74, 6) is -3.17. The van der Waals surface area contributed by atoms with Crippen molar-refractivity contribution in [3.8, 4) is 16.9 Å². The van der Waals surface area contributed by atoms with Gasteiger partial charge in [0.15, 0.2) is 5.69 Å². The van der Waals surface area contributed by atoms with Gasteiger partial charge >= 0.3 is 24.0 Å². The zero-order chi connectivity index (χ0) is 33.3. The van der Waals surface area contributed by atoms with Gasteiger partial charge in [-0.2, -0.15) is 0 Å². The van der Waals surface area contributed by atoms with Crippen molar-refractivity contribution in [1.82, 2.24) is 15.6 Å². The maximum Gasteiger partial charge on any atom is 0.410 e. The van der Waals surface area contributed by atoms with Gasteiger partial charge in [-0.1, -0.05) is 32.9 Å². The molecule has 1 aliphatic rings. The summed E-state index contributed by atoms with van der Waals surface area (Å²) in [7, 11) is 1.39. The lowest BCUT2D eigenvalue weighted by Crippen LogP contribution is -2.47. The van der Waals surface area contributed by atoms with Crippen molar-refractivity contribution < 1.29 is 48.0 Å². The second-order valence-corrected chi connectivity index (χ2v) is 10.5. The molecule has 2 amide bonds. The number of nitrogens with zero attached hydrogens (tertiary/aromatic N) is 1. The zero-order valence-electron chi connectivity index (χ0n) is 26.0. The van der Waals surface area contributed by atoms with Crippen molar-refractivity contribution in [3.63, 3.8) is 0 Å². The molecule has 13 nitrogen and oxygen atoms in total. The first kappa shape index (κ1) is 34.5.